The highest BCUT2D eigenvalue weighted by atomic mass is 35.5. The number of hydrogen-bond donors (Lipinski definition) is 2. The summed E-state index contributed by atoms with van der Waals surface area (Å²) in [7, 11) is 0. The molecule has 0 saturated heterocycles. The van der Waals surface area contributed by atoms with Gasteiger partial charge in [0.1, 0.15) is 17.4 Å². The lowest BCUT2D eigenvalue weighted by molar-refractivity contribution is 0.102. The van der Waals surface area contributed by atoms with Gasteiger partial charge >= 0.3 is 0 Å². The van der Waals surface area contributed by atoms with E-state index in [9.17, 15) is 13.6 Å². The molecule has 0 saturated carbocycles. The highest BCUT2D eigenvalue weighted by molar-refractivity contribution is 6.31. The average Bonchev–Trinajstić information content (AvgIpc) is 2.33. The molecule has 0 atom stereocenters. The SMILES string of the molecule is O=C(Nc1cc(Cl)ccc1F)c1ccc(O)cc1F. The molecule has 2 rings (SSSR count). The number of phenols is 1. The molecule has 0 fully saturated rings. The number of rotatable bonds is 2. The Morgan fingerprint density at radius 3 is 2.53 bits per heavy atom. The van der Waals surface area contributed by atoms with Gasteiger partial charge in [0.05, 0.1) is 11.3 Å². The Hall–Kier alpha value is -2.14. The van der Waals surface area contributed by atoms with E-state index >= 15 is 0 Å². The molecule has 1 amide bonds. The highest BCUT2D eigenvalue weighted by Crippen LogP contribution is 2.21. The monoisotopic (exact) mass is 283 g/mol. The number of amides is 1. The molecule has 2 N–H and O–H groups in total. The Bertz CT molecular complexity index is 647. The second-order valence-corrected chi connectivity index (χ2v) is 4.18. The Labute approximate surface area is 112 Å². The number of carbonyl (C=O) groups is 1. The van der Waals surface area contributed by atoms with Crippen molar-refractivity contribution in [3.63, 3.8) is 0 Å². The standard InChI is InChI=1S/C13H8ClF2NO2/c14-7-1-4-10(15)12(5-7)17-13(19)9-3-2-8(18)6-11(9)16/h1-6,18H,(H,17,19). The van der Waals surface area contributed by atoms with Crippen LogP contribution in [0.15, 0.2) is 36.4 Å². The van der Waals surface area contributed by atoms with Crippen LogP contribution in [0, 0.1) is 11.6 Å². The number of aromatic hydroxyl groups is 1. The molecule has 19 heavy (non-hydrogen) atoms. The summed E-state index contributed by atoms with van der Waals surface area (Å²) in [5.74, 6) is -2.72. The van der Waals surface area contributed by atoms with Crippen molar-refractivity contribution in [1.29, 1.82) is 0 Å². The number of carbonyl (C=O) groups excluding carboxylic acids is 1. The normalized spacial score (nSPS) is 10.3. The first-order chi connectivity index (χ1) is 8.97. The Morgan fingerprint density at radius 1 is 1.11 bits per heavy atom. The predicted octanol–water partition coefficient (Wildman–Crippen LogP) is 3.58. The van der Waals surface area contributed by atoms with E-state index in [0.29, 0.717) is 0 Å². The molecule has 0 unspecified atom stereocenters. The van der Waals surface area contributed by atoms with Crippen LogP contribution in [0.2, 0.25) is 5.02 Å². The van der Waals surface area contributed by atoms with Crippen molar-refractivity contribution in [1.82, 2.24) is 0 Å². The van der Waals surface area contributed by atoms with E-state index in [0.717, 1.165) is 24.3 Å². The van der Waals surface area contributed by atoms with Gasteiger partial charge in [0.25, 0.3) is 5.91 Å². The van der Waals surface area contributed by atoms with E-state index in [4.69, 9.17) is 16.7 Å². The molecule has 0 aliphatic heterocycles. The van der Waals surface area contributed by atoms with Crippen molar-refractivity contribution in [3.8, 4) is 5.75 Å². The maximum absolute atomic E-state index is 13.4. The first kappa shape index (κ1) is 13.3. The molecule has 98 valence electrons. The number of benzene rings is 2. The second kappa shape index (κ2) is 5.24. The molecule has 0 spiro atoms. The van der Waals surface area contributed by atoms with Gasteiger partial charge in [0.2, 0.25) is 0 Å². The Balaban J connectivity index is 2.28. The fraction of sp³-hybridized carbons (Fsp3) is 0. The van der Waals surface area contributed by atoms with Crippen LogP contribution in [-0.2, 0) is 0 Å². The second-order valence-electron chi connectivity index (χ2n) is 3.74. The number of hydrogen-bond acceptors (Lipinski definition) is 2. The molecular formula is C13H8ClF2NO2. The van der Waals surface area contributed by atoms with Gasteiger partial charge in [-0.1, -0.05) is 11.6 Å². The lowest BCUT2D eigenvalue weighted by Gasteiger charge is -2.07. The third-order valence-electron chi connectivity index (χ3n) is 2.37. The lowest BCUT2D eigenvalue weighted by atomic mass is 10.2. The number of phenolic OH excluding ortho intramolecular Hbond substituents is 1. The molecule has 0 radical (unpaired) electrons. The van der Waals surface area contributed by atoms with Crippen molar-refractivity contribution in [2.45, 2.75) is 0 Å². The van der Waals surface area contributed by atoms with E-state index in [1.807, 2.05) is 0 Å². The maximum Gasteiger partial charge on any atom is 0.258 e. The summed E-state index contributed by atoms with van der Waals surface area (Å²) < 4.78 is 26.8. The zero-order chi connectivity index (χ0) is 14.0. The van der Waals surface area contributed by atoms with Gasteiger partial charge in [-0.2, -0.15) is 0 Å². The molecule has 0 bridgehead atoms. The topological polar surface area (TPSA) is 49.3 Å². The summed E-state index contributed by atoms with van der Waals surface area (Å²) in [6, 6.07) is 6.68. The van der Waals surface area contributed by atoms with Crippen LogP contribution in [0.5, 0.6) is 5.75 Å². The molecule has 0 heterocycles. The van der Waals surface area contributed by atoms with Gasteiger partial charge in [0.15, 0.2) is 0 Å². The fourth-order valence-electron chi connectivity index (χ4n) is 1.47. The molecule has 0 aliphatic rings. The van der Waals surface area contributed by atoms with Gasteiger partial charge in [-0.3, -0.25) is 4.79 Å². The van der Waals surface area contributed by atoms with Gasteiger partial charge < -0.3 is 10.4 Å². The summed E-state index contributed by atoms with van der Waals surface area (Å²) in [4.78, 5) is 11.8. The number of halogens is 3. The molecule has 3 nitrogen and oxygen atoms in total. The van der Waals surface area contributed by atoms with E-state index < -0.39 is 17.5 Å². The smallest absolute Gasteiger partial charge is 0.258 e. The Kier molecular flexibility index (Phi) is 3.66. The Morgan fingerprint density at radius 2 is 1.84 bits per heavy atom. The minimum atomic E-state index is -0.903. The van der Waals surface area contributed by atoms with E-state index in [2.05, 4.69) is 5.32 Å². The van der Waals surface area contributed by atoms with E-state index in [1.54, 1.807) is 0 Å². The van der Waals surface area contributed by atoms with Crippen LogP contribution in [0.4, 0.5) is 14.5 Å². The first-order valence-corrected chi connectivity index (χ1v) is 5.60. The molecule has 0 aliphatic carbocycles. The van der Waals surface area contributed by atoms with Crippen LogP contribution < -0.4 is 5.32 Å². The molecule has 2 aromatic rings. The van der Waals surface area contributed by atoms with Crippen molar-refractivity contribution in [2.24, 2.45) is 0 Å². The van der Waals surface area contributed by atoms with Gasteiger partial charge in [-0.15, -0.1) is 0 Å². The van der Waals surface area contributed by atoms with Crippen LogP contribution >= 0.6 is 11.6 Å². The van der Waals surface area contributed by atoms with Crippen LogP contribution in [0.25, 0.3) is 0 Å². The van der Waals surface area contributed by atoms with Crippen molar-refractivity contribution < 1.29 is 18.7 Å². The zero-order valence-electron chi connectivity index (χ0n) is 9.45. The first-order valence-electron chi connectivity index (χ1n) is 5.22. The number of anilines is 1. The average molecular weight is 284 g/mol. The largest absolute Gasteiger partial charge is 0.508 e. The van der Waals surface area contributed by atoms with Crippen molar-refractivity contribution in [3.05, 3.63) is 58.6 Å². The highest BCUT2D eigenvalue weighted by Gasteiger charge is 2.14. The van der Waals surface area contributed by atoms with E-state index in [1.165, 1.54) is 12.1 Å². The molecular weight excluding hydrogens is 276 g/mol. The van der Waals surface area contributed by atoms with Gasteiger partial charge in [-0.25, -0.2) is 8.78 Å². The zero-order valence-corrected chi connectivity index (χ0v) is 10.2. The molecule has 0 aromatic heterocycles. The van der Waals surface area contributed by atoms with E-state index in [-0.39, 0.29) is 22.0 Å². The third-order valence-corrected chi connectivity index (χ3v) is 2.61. The minimum absolute atomic E-state index is 0.148. The fourth-order valence-corrected chi connectivity index (χ4v) is 1.64. The summed E-state index contributed by atoms with van der Waals surface area (Å²) in [6.07, 6.45) is 0. The van der Waals surface area contributed by atoms with Gasteiger partial charge in [-0.05, 0) is 30.3 Å². The van der Waals surface area contributed by atoms with Crippen molar-refractivity contribution in [2.75, 3.05) is 5.32 Å². The summed E-state index contributed by atoms with van der Waals surface area (Å²) in [5, 5.41) is 11.5. The molecule has 6 heteroatoms. The predicted molar refractivity (Wildman–Crippen MR) is 67.4 cm³/mol. The van der Waals surface area contributed by atoms with Crippen LogP contribution in [0.3, 0.4) is 0 Å². The van der Waals surface area contributed by atoms with Crippen molar-refractivity contribution >= 4 is 23.2 Å². The maximum atomic E-state index is 13.4. The quantitative estimate of drug-likeness (QED) is 0.885. The van der Waals surface area contributed by atoms with Crippen LogP contribution in [0.1, 0.15) is 10.4 Å². The minimum Gasteiger partial charge on any atom is -0.508 e. The number of nitrogens with one attached hydrogen (secondary N) is 1. The summed E-state index contributed by atoms with van der Waals surface area (Å²) >= 11 is 5.67. The van der Waals surface area contributed by atoms with Crippen LogP contribution in [-0.4, -0.2) is 11.0 Å². The third kappa shape index (κ3) is 3.00. The lowest BCUT2D eigenvalue weighted by Crippen LogP contribution is -2.14. The summed E-state index contributed by atoms with van der Waals surface area (Å²) in [5.41, 5.74) is -0.456. The summed E-state index contributed by atoms with van der Waals surface area (Å²) in [6.45, 7) is 0. The van der Waals surface area contributed by atoms with Gasteiger partial charge in [0, 0.05) is 11.1 Å². The molecule has 2 aromatic carbocycles.